The average molecular weight is 343 g/mol. The van der Waals surface area contributed by atoms with Crippen LogP contribution in [0.3, 0.4) is 0 Å². The zero-order chi connectivity index (χ0) is 17.8. The van der Waals surface area contributed by atoms with Crippen LogP contribution in [-0.4, -0.2) is 49.0 Å². The van der Waals surface area contributed by atoms with Crippen LogP contribution in [0.15, 0.2) is 5.38 Å². The number of carbonyl (C=O) groups excluding carboxylic acids is 2. The number of carbonyl (C=O) groups is 2. The average Bonchev–Trinajstić information content (AvgIpc) is 3.12. The van der Waals surface area contributed by atoms with Crippen LogP contribution in [0.1, 0.15) is 50.7 Å². The molecule has 1 N–H and O–H groups in total. The van der Waals surface area contributed by atoms with Gasteiger partial charge in [-0.25, -0.2) is 9.78 Å². The second-order valence-corrected chi connectivity index (χ2v) is 6.25. The number of aromatic nitrogens is 1. The van der Waals surface area contributed by atoms with Crippen LogP contribution in [0.2, 0.25) is 0 Å². The van der Waals surface area contributed by atoms with Gasteiger partial charge in [-0.1, -0.05) is 27.7 Å². The number of nitrogens with zero attached hydrogens (tertiary/aromatic N) is 2. The van der Waals surface area contributed by atoms with Crippen molar-refractivity contribution in [3.63, 3.8) is 0 Å². The lowest BCUT2D eigenvalue weighted by Crippen LogP contribution is -2.31. The molecule has 0 saturated carbocycles. The molecule has 132 valence electrons. The molecule has 2 heterocycles. The van der Waals surface area contributed by atoms with E-state index < -0.39 is 6.04 Å². The van der Waals surface area contributed by atoms with E-state index in [1.807, 2.05) is 13.8 Å². The molecule has 1 atom stereocenters. The van der Waals surface area contributed by atoms with Crippen molar-refractivity contribution in [1.82, 2.24) is 15.2 Å². The standard InChI is InChI=1S/C9H16N2S.C5H7NO3.C2H6/c1-7(2)9-10-8(6-12-9)5-11(3)4;7-3-6-4-1-2-9-5(4)8;1-2/h6-7H,5H2,1-4H3;3-4H,1-2H2,(H,6,7);1-2H3. The zero-order valence-electron chi connectivity index (χ0n) is 15.0. The molecule has 1 amide bonds. The first-order valence-electron chi connectivity index (χ1n) is 7.89. The van der Waals surface area contributed by atoms with Crippen molar-refractivity contribution in [2.45, 2.75) is 52.6 Å². The minimum Gasteiger partial charge on any atom is -0.464 e. The Morgan fingerprint density at radius 3 is 2.52 bits per heavy atom. The number of hydrogen-bond acceptors (Lipinski definition) is 6. The van der Waals surface area contributed by atoms with Gasteiger partial charge in [0.25, 0.3) is 0 Å². The first-order valence-corrected chi connectivity index (χ1v) is 8.77. The summed E-state index contributed by atoms with van der Waals surface area (Å²) in [6, 6.07) is -0.400. The highest BCUT2D eigenvalue weighted by Crippen LogP contribution is 2.19. The van der Waals surface area contributed by atoms with E-state index in [0.717, 1.165) is 6.54 Å². The third kappa shape index (κ3) is 8.66. The van der Waals surface area contributed by atoms with Gasteiger partial charge in [0.1, 0.15) is 6.04 Å². The fourth-order valence-corrected chi connectivity index (χ4v) is 2.54. The largest absolute Gasteiger partial charge is 0.464 e. The summed E-state index contributed by atoms with van der Waals surface area (Å²) in [6.45, 7) is 9.73. The number of amides is 1. The van der Waals surface area contributed by atoms with Crippen LogP contribution in [0.25, 0.3) is 0 Å². The highest BCUT2D eigenvalue weighted by molar-refractivity contribution is 7.09. The molecule has 0 aliphatic carbocycles. The summed E-state index contributed by atoms with van der Waals surface area (Å²) in [5.41, 5.74) is 1.19. The number of rotatable bonds is 5. The summed E-state index contributed by atoms with van der Waals surface area (Å²) in [5.74, 6) is 0.230. The lowest BCUT2D eigenvalue weighted by molar-refractivity contribution is -0.140. The van der Waals surface area contributed by atoms with Crippen molar-refractivity contribution in [3.8, 4) is 0 Å². The fraction of sp³-hybridized carbons (Fsp3) is 0.688. The quantitative estimate of drug-likeness (QED) is 0.656. The Hall–Kier alpha value is -1.47. The van der Waals surface area contributed by atoms with Crippen molar-refractivity contribution in [2.75, 3.05) is 20.7 Å². The molecule has 23 heavy (non-hydrogen) atoms. The summed E-state index contributed by atoms with van der Waals surface area (Å²) in [4.78, 5) is 27.0. The first kappa shape index (κ1) is 21.5. The van der Waals surface area contributed by atoms with Gasteiger partial charge in [-0.15, -0.1) is 11.3 Å². The van der Waals surface area contributed by atoms with Crippen LogP contribution in [-0.2, 0) is 20.9 Å². The van der Waals surface area contributed by atoms with Gasteiger partial charge in [0, 0.05) is 24.3 Å². The zero-order valence-corrected chi connectivity index (χ0v) is 15.8. The third-order valence-electron chi connectivity index (χ3n) is 2.75. The van der Waals surface area contributed by atoms with Crippen molar-refractivity contribution in [3.05, 3.63) is 16.1 Å². The number of nitrogens with one attached hydrogen (secondary N) is 1. The van der Waals surface area contributed by atoms with Gasteiger partial charge in [0.05, 0.1) is 17.3 Å². The number of esters is 1. The lowest BCUT2D eigenvalue weighted by Gasteiger charge is -2.05. The molecule has 7 heteroatoms. The van der Waals surface area contributed by atoms with E-state index in [2.05, 4.69) is 53.3 Å². The van der Waals surface area contributed by atoms with Crippen molar-refractivity contribution in [2.24, 2.45) is 0 Å². The molecule has 1 fully saturated rings. The van der Waals surface area contributed by atoms with Gasteiger partial charge in [-0.2, -0.15) is 0 Å². The highest BCUT2D eigenvalue weighted by atomic mass is 32.1. The molecule has 0 radical (unpaired) electrons. The lowest BCUT2D eigenvalue weighted by atomic mass is 10.2. The van der Waals surface area contributed by atoms with Gasteiger partial charge in [0.15, 0.2) is 0 Å². The van der Waals surface area contributed by atoms with Crippen LogP contribution in [0.4, 0.5) is 0 Å². The van der Waals surface area contributed by atoms with E-state index in [4.69, 9.17) is 0 Å². The molecule has 1 aliphatic heterocycles. The number of ether oxygens (including phenoxy) is 1. The topological polar surface area (TPSA) is 71.5 Å². The minimum absolute atomic E-state index is 0.331. The summed E-state index contributed by atoms with van der Waals surface area (Å²) in [5, 5.41) is 5.73. The van der Waals surface area contributed by atoms with E-state index in [1.165, 1.54) is 10.7 Å². The van der Waals surface area contributed by atoms with Crippen molar-refractivity contribution in [1.29, 1.82) is 0 Å². The molecule has 0 spiro atoms. The maximum Gasteiger partial charge on any atom is 0.328 e. The molecule has 0 bridgehead atoms. The predicted molar refractivity (Wildman–Crippen MR) is 93.5 cm³/mol. The van der Waals surface area contributed by atoms with Crippen molar-refractivity contribution < 1.29 is 14.3 Å². The summed E-state index contributed by atoms with van der Waals surface area (Å²) >= 11 is 1.76. The summed E-state index contributed by atoms with van der Waals surface area (Å²) in [7, 11) is 4.13. The van der Waals surface area contributed by atoms with Gasteiger partial charge in [-0.05, 0) is 14.1 Å². The molecule has 2 rings (SSSR count). The van der Waals surface area contributed by atoms with E-state index in [1.54, 1.807) is 11.3 Å². The molecule has 1 aromatic heterocycles. The van der Waals surface area contributed by atoms with Crippen LogP contribution in [0.5, 0.6) is 0 Å². The third-order valence-corrected chi connectivity index (χ3v) is 3.94. The number of thiazole rings is 1. The molecule has 1 aromatic rings. The van der Waals surface area contributed by atoms with Gasteiger partial charge >= 0.3 is 5.97 Å². The van der Waals surface area contributed by atoms with Crippen LogP contribution >= 0.6 is 11.3 Å². The Morgan fingerprint density at radius 1 is 1.48 bits per heavy atom. The van der Waals surface area contributed by atoms with E-state index >= 15 is 0 Å². The maximum absolute atomic E-state index is 10.5. The molecule has 1 unspecified atom stereocenters. The highest BCUT2D eigenvalue weighted by Gasteiger charge is 2.25. The van der Waals surface area contributed by atoms with Gasteiger partial charge in [0.2, 0.25) is 6.41 Å². The number of hydrogen-bond donors (Lipinski definition) is 1. The predicted octanol–water partition coefficient (Wildman–Crippen LogP) is 2.40. The van der Waals surface area contributed by atoms with E-state index in [0.29, 0.717) is 25.4 Å². The summed E-state index contributed by atoms with van der Waals surface area (Å²) in [6.07, 6.45) is 1.11. The van der Waals surface area contributed by atoms with E-state index in [9.17, 15) is 9.59 Å². The summed E-state index contributed by atoms with van der Waals surface area (Å²) < 4.78 is 4.56. The second kappa shape index (κ2) is 12.0. The first-order chi connectivity index (χ1) is 10.9. The normalized spacial score (nSPS) is 16.2. The molecular weight excluding hydrogens is 314 g/mol. The van der Waals surface area contributed by atoms with Gasteiger partial charge in [-0.3, -0.25) is 4.79 Å². The van der Waals surface area contributed by atoms with Crippen LogP contribution in [0, 0.1) is 0 Å². The molecule has 0 aromatic carbocycles. The Morgan fingerprint density at radius 2 is 2.13 bits per heavy atom. The minimum atomic E-state index is -0.400. The molecule has 6 nitrogen and oxygen atoms in total. The number of cyclic esters (lactones) is 1. The molecule has 1 aliphatic rings. The Bertz CT molecular complexity index is 461. The van der Waals surface area contributed by atoms with Gasteiger partial charge < -0.3 is 15.0 Å². The molecular formula is C16H29N3O3S. The van der Waals surface area contributed by atoms with Crippen LogP contribution < -0.4 is 5.32 Å². The maximum atomic E-state index is 10.5. The Labute approximate surface area is 143 Å². The van der Waals surface area contributed by atoms with Crippen molar-refractivity contribution >= 4 is 23.7 Å². The monoisotopic (exact) mass is 343 g/mol. The second-order valence-electron chi connectivity index (χ2n) is 5.36. The molecule has 1 saturated heterocycles. The fourth-order valence-electron chi connectivity index (χ4n) is 1.71. The Balaban J connectivity index is 0.000000392. The van der Waals surface area contributed by atoms with E-state index in [-0.39, 0.29) is 5.97 Å². The SMILES string of the molecule is CC.CC(C)c1nc(CN(C)C)cs1.O=CNC1CCOC1=O. The Kier molecular flexibility index (Phi) is 11.2. The smallest absolute Gasteiger partial charge is 0.328 e.